The molecule has 0 saturated carbocycles. The van der Waals surface area contributed by atoms with Crippen LogP contribution in [0.4, 0.5) is 0 Å². The molecule has 0 heterocycles. The van der Waals surface area contributed by atoms with Crippen molar-refractivity contribution in [1.82, 2.24) is 5.32 Å². The van der Waals surface area contributed by atoms with Crippen LogP contribution in [0.1, 0.15) is 18.1 Å². The molecule has 1 rings (SSSR count). The molecule has 3 N–H and O–H groups in total. The molecule has 0 unspecified atom stereocenters. The number of carbonyl (C=O) groups excluding carboxylic acids is 1. The Hall–Kier alpha value is -1.68. The van der Waals surface area contributed by atoms with Gasteiger partial charge in [-0.15, -0.1) is 0 Å². The molecule has 0 atom stereocenters. The zero-order chi connectivity index (χ0) is 12.0. The average Bonchev–Trinajstić information content (AvgIpc) is 2.24. The van der Waals surface area contributed by atoms with Gasteiger partial charge in [-0.3, -0.25) is 4.79 Å². The molecular weight excluding hydrogens is 220 g/mol. The summed E-state index contributed by atoms with van der Waals surface area (Å²) in [7, 11) is 0. The Morgan fingerprint density at radius 2 is 2.19 bits per heavy atom. The van der Waals surface area contributed by atoms with Gasteiger partial charge in [0.25, 0.3) is 0 Å². The maximum absolute atomic E-state index is 10.6. The van der Waals surface area contributed by atoms with E-state index < -0.39 is 0 Å². The van der Waals surface area contributed by atoms with E-state index in [9.17, 15) is 4.79 Å². The van der Waals surface area contributed by atoms with Gasteiger partial charge >= 0.3 is 0 Å². The van der Waals surface area contributed by atoms with Gasteiger partial charge in [0.15, 0.2) is 0 Å². The van der Waals surface area contributed by atoms with Gasteiger partial charge in [0.1, 0.15) is 4.99 Å². The topological polar surface area (TPSA) is 55.1 Å². The summed E-state index contributed by atoms with van der Waals surface area (Å²) >= 11 is 4.94. The van der Waals surface area contributed by atoms with Gasteiger partial charge in [-0.1, -0.05) is 48.6 Å². The Labute approximate surface area is 100 Å². The molecule has 0 fully saturated rings. The van der Waals surface area contributed by atoms with Crippen LogP contribution in [0.15, 0.2) is 30.3 Å². The molecule has 4 heteroatoms. The molecule has 0 spiro atoms. The van der Waals surface area contributed by atoms with Crippen LogP contribution in [0.5, 0.6) is 0 Å². The number of nitrogens with two attached hydrogens (primary N) is 1. The lowest BCUT2D eigenvalue weighted by Gasteiger charge is -2.03. The second-order valence-electron chi connectivity index (χ2n) is 3.29. The van der Waals surface area contributed by atoms with Crippen molar-refractivity contribution in [3.63, 3.8) is 0 Å². The largest absolute Gasteiger partial charge is 0.389 e. The lowest BCUT2D eigenvalue weighted by atomic mass is 10.1. The summed E-state index contributed by atoms with van der Waals surface area (Å²) in [5.41, 5.74) is 7.40. The molecular formula is C12H14N2OS. The SMILES string of the molecule is CC(=O)NCC=Cc1ccccc1C(N)=S. The molecule has 0 aromatic heterocycles. The number of nitrogens with one attached hydrogen (secondary N) is 1. The molecule has 84 valence electrons. The molecule has 0 saturated heterocycles. The van der Waals surface area contributed by atoms with E-state index in [1.54, 1.807) is 0 Å². The van der Waals surface area contributed by atoms with Crippen molar-refractivity contribution in [2.45, 2.75) is 6.92 Å². The lowest BCUT2D eigenvalue weighted by molar-refractivity contribution is -0.118. The Balaban J connectivity index is 2.73. The first-order valence-electron chi connectivity index (χ1n) is 4.91. The Bertz CT molecular complexity index is 427. The highest BCUT2D eigenvalue weighted by Crippen LogP contribution is 2.10. The zero-order valence-electron chi connectivity index (χ0n) is 9.07. The van der Waals surface area contributed by atoms with E-state index in [0.29, 0.717) is 11.5 Å². The van der Waals surface area contributed by atoms with E-state index >= 15 is 0 Å². The van der Waals surface area contributed by atoms with Crippen LogP contribution in [0.25, 0.3) is 6.08 Å². The van der Waals surface area contributed by atoms with E-state index in [1.165, 1.54) is 6.92 Å². The molecule has 3 nitrogen and oxygen atoms in total. The van der Waals surface area contributed by atoms with Crippen LogP contribution >= 0.6 is 12.2 Å². The van der Waals surface area contributed by atoms with Gasteiger partial charge in [0, 0.05) is 19.0 Å². The van der Waals surface area contributed by atoms with Crippen molar-refractivity contribution in [2.75, 3.05) is 6.54 Å². The van der Waals surface area contributed by atoms with Crippen molar-refractivity contribution in [3.8, 4) is 0 Å². The highest BCUT2D eigenvalue weighted by Gasteiger charge is 1.99. The van der Waals surface area contributed by atoms with Gasteiger partial charge in [-0.25, -0.2) is 0 Å². The number of carbonyl (C=O) groups is 1. The van der Waals surface area contributed by atoms with Gasteiger partial charge in [-0.2, -0.15) is 0 Å². The predicted molar refractivity (Wildman–Crippen MR) is 70.0 cm³/mol. The maximum atomic E-state index is 10.6. The molecule has 0 aliphatic heterocycles. The van der Waals surface area contributed by atoms with E-state index in [1.807, 2.05) is 36.4 Å². The van der Waals surface area contributed by atoms with Crippen molar-refractivity contribution >= 4 is 29.2 Å². The van der Waals surface area contributed by atoms with Crippen molar-refractivity contribution in [1.29, 1.82) is 0 Å². The van der Waals surface area contributed by atoms with Crippen molar-refractivity contribution < 1.29 is 4.79 Å². The van der Waals surface area contributed by atoms with E-state index in [0.717, 1.165) is 11.1 Å². The second kappa shape index (κ2) is 6.02. The van der Waals surface area contributed by atoms with Crippen LogP contribution in [0.3, 0.4) is 0 Å². The Morgan fingerprint density at radius 1 is 1.50 bits per heavy atom. The van der Waals surface area contributed by atoms with Gasteiger partial charge in [0.2, 0.25) is 5.91 Å². The fraction of sp³-hybridized carbons (Fsp3) is 0.167. The normalized spacial score (nSPS) is 10.3. The predicted octanol–water partition coefficient (Wildman–Crippen LogP) is 1.47. The maximum Gasteiger partial charge on any atom is 0.217 e. The fourth-order valence-corrected chi connectivity index (χ4v) is 1.44. The first-order chi connectivity index (χ1) is 7.61. The molecule has 0 radical (unpaired) electrons. The van der Waals surface area contributed by atoms with Crippen LogP contribution in [-0.2, 0) is 4.79 Å². The minimum Gasteiger partial charge on any atom is -0.389 e. The molecule has 0 aliphatic rings. The third kappa shape index (κ3) is 3.82. The minimum atomic E-state index is -0.0488. The number of hydrogen-bond donors (Lipinski definition) is 2. The van der Waals surface area contributed by atoms with Crippen molar-refractivity contribution in [2.24, 2.45) is 5.73 Å². The number of rotatable bonds is 4. The molecule has 1 aromatic carbocycles. The molecule has 1 aromatic rings. The first kappa shape index (κ1) is 12.4. The molecule has 16 heavy (non-hydrogen) atoms. The average molecular weight is 234 g/mol. The third-order valence-electron chi connectivity index (χ3n) is 1.99. The summed E-state index contributed by atoms with van der Waals surface area (Å²) < 4.78 is 0. The van der Waals surface area contributed by atoms with Gasteiger partial charge in [-0.05, 0) is 5.56 Å². The monoisotopic (exact) mass is 234 g/mol. The number of thiocarbonyl (C=S) groups is 1. The van der Waals surface area contributed by atoms with Gasteiger partial charge < -0.3 is 11.1 Å². The smallest absolute Gasteiger partial charge is 0.217 e. The molecule has 0 aliphatic carbocycles. The minimum absolute atomic E-state index is 0.0488. The summed E-state index contributed by atoms with van der Waals surface area (Å²) in [6, 6.07) is 7.61. The number of benzene rings is 1. The van der Waals surface area contributed by atoms with E-state index in [2.05, 4.69) is 5.32 Å². The summed E-state index contributed by atoms with van der Waals surface area (Å²) in [6.45, 7) is 1.98. The van der Waals surface area contributed by atoms with Crippen molar-refractivity contribution in [3.05, 3.63) is 41.5 Å². The third-order valence-corrected chi connectivity index (χ3v) is 2.21. The number of amides is 1. The Kier molecular flexibility index (Phi) is 4.66. The summed E-state index contributed by atoms with van der Waals surface area (Å²) in [5.74, 6) is -0.0488. The summed E-state index contributed by atoms with van der Waals surface area (Å²) in [5, 5.41) is 2.67. The van der Waals surface area contributed by atoms with Crippen LogP contribution in [0, 0.1) is 0 Å². The second-order valence-corrected chi connectivity index (χ2v) is 3.73. The van der Waals surface area contributed by atoms with Gasteiger partial charge in [0.05, 0.1) is 0 Å². The molecule has 0 bridgehead atoms. The highest BCUT2D eigenvalue weighted by atomic mass is 32.1. The first-order valence-corrected chi connectivity index (χ1v) is 5.32. The standard InChI is InChI=1S/C12H14N2OS/c1-9(15)14-8-4-6-10-5-2-3-7-11(10)12(13)16/h2-7H,8H2,1H3,(H2,13,16)(H,14,15). The quantitative estimate of drug-likeness (QED) is 0.776. The van der Waals surface area contributed by atoms with Crippen LogP contribution in [0.2, 0.25) is 0 Å². The fourth-order valence-electron chi connectivity index (χ4n) is 1.26. The highest BCUT2D eigenvalue weighted by molar-refractivity contribution is 7.80. The van der Waals surface area contributed by atoms with E-state index in [4.69, 9.17) is 18.0 Å². The summed E-state index contributed by atoms with van der Waals surface area (Å²) in [6.07, 6.45) is 3.75. The van der Waals surface area contributed by atoms with E-state index in [-0.39, 0.29) is 5.91 Å². The zero-order valence-corrected chi connectivity index (χ0v) is 9.88. The van der Waals surface area contributed by atoms with Crippen LogP contribution < -0.4 is 11.1 Å². The Morgan fingerprint density at radius 3 is 2.81 bits per heavy atom. The summed E-state index contributed by atoms with van der Waals surface area (Å²) in [4.78, 5) is 11.0. The lowest BCUT2D eigenvalue weighted by Crippen LogP contribution is -2.19. The van der Waals surface area contributed by atoms with Crippen LogP contribution in [-0.4, -0.2) is 17.4 Å². The molecule has 1 amide bonds. The number of hydrogen-bond acceptors (Lipinski definition) is 2.